The number of anilines is 1. The molecule has 0 radical (unpaired) electrons. The average molecular weight is 394 g/mol. The molecule has 2 aromatic heterocycles. The highest BCUT2D eigenvalue weighted by Crippen LogP contribution is 2.34. The van der Waals surface area contributed by atoms with Crippen LogP contribution in [0.1, 0.15) is 30.9 Å². The zero-order chi connectivity index (χ0) is 20.4. The van der Waals surface area contributed by atoms with Crippen molar-refractivity contribution in [3.05, 3.63) is 52.1 Å². The van der Waals surface area contributed by atoms with Gasteiger partial charge in [0.15, 0.2) is 11.5 Å². The van der Waals surface area contributed by atoms with E-state index in [-0.39, 0.29) is 5.56 Å². The van der Waals surface area contributed by atoms with Crippen LogP contribution in [0.5, 0.6) is 11.5 Å². The van der Waals surface area contributed by atoms with Gasteiger partial charge in [-0.05, 0) is 54.7 Å². The first kappa shape index (κ1) is 19.2. The predicted molar refractivity (Wildman–Crippen MR) is 113 cm³/mol. The van der Waals surface area contributed by atoms with E-state index in [1.807, 2.05) is 16.7 Å². The molecule has 0 fully saturated rings. The fourth-order valence-corrected chi connectivity index (χ4v) is 3.93. The SMILES string of the molecule is CCCn1cnc(=O)c2ccc(N3CCCc4cc(OC)c(OC)cc4C3)nc21. The van der Waals surface area contributed by atoms with Gasteiger partial charge in [0.1, 0.15) is 17.8 Å². The minimum Gasteiger partial charge on any atom is -0.493 e. The average Bonchev–Trinajstić information content (AvgIpc) is 2.96. The molecule has 0 spiro atoms. The van der Waals surface area contributed by atoms with Crippen molar-refractivity contribution >= 4 is 16.9 Å². The molecule has 1 aliphatic rings. The van der Waals surface area contributed by atoms with Crippen LogP contribution in [0.2, 0.25) is 0 Å². The van der Waals surface area contributed by atoms with Crippen molar-refractivity contribution in [1.29, 1.82) is 0 Å². The molecule has 0 N–H and O–H groups in total. The number of hydrogen-bond acceptors (Lipinski definition) is 6. The smallest absolute Gasteiger partial charge is 0.282 e. The Bertz CT molecular complexity index is 1090. The van der Waals surface area contributed by atoms with E-state index in [1.165, 1.54) is 11.1 Å². The molecule has 29 heavy (non-hydrogen) atoms. The fraction of sp³-hybridized carbons (Fsp3) is 0.409. The Morgan fingerprint density at radius 2 is 1.86 bits per heavy atom. The fourth-order valence-electron chi connectivity index (χ4n) is 3.93. The first-order valence-electron chi connectivity index (χ1n) is 9.99. The maximum Gasteiger partial charge on any atom is 0.282 e. The van der Waals surface area contributed by atoms with Gasteiger partial charge in [0.05, 0.1) is 19.6 Å². The van der Waals surface area contributed by atoms with Gasteiger partial charge in [-0.15, -0.1) is 0 Å². The van der Waals surface area contributed by atoms with Crippen LogP contribution in [0.25, 0.3) is 11.0 Å². The van der Waals surface area contributed by atoms with Gasteiger partial charge < -0.3 is 18.9 Å². The Hall–Kier alpha value is -3.09. The van der Waals surface area contributed by atoms with Crippen LogP contribution >= 0.6 is 0 Å². The van der Waals surface area contributed by atoms with Crippen molar-refractivity contribution in [3.63, 3.8) is 0 Å². The minimum atomic E-state index is -0.232. The van der Waals surface area contributed by atoms with Gasteiger partial charge in [0, 0.05) is 19.6 Å². The summed E-state index contributed by atoms with van der Waals surface area (Å²) >= 11 is 0. The third-order valence-electron chi connectivity index (χ3n) is 5.41. The van der Waals surface area contributed by atoms with Crippen molar-refractivity contribution in [2.45, 2.75) is 39.3 Å². The van der Waals surface area contributed by atoms with E-state index in [0.717, 1.165) is 56.2 Å². The first-order chi connectivity index (χ1) is 14.1. The summed E-state index contributed by atoms with van der Waals surface area (Å²) in [4.78, 5) is 23.3. The Labute approximate surface area is 169 Å². The molecule has 152 valence electrons. The predicted octanol–water partition coefficient (Wildman–Crippen LogP) is 3.17. The van der Waals surface area contributed by atoms with Crippen LogP contribution < -0.4 is 19.9 Å². The van der Waals surface area contributed by atoms with Crippen molar-refractivity contribution in [3.8, 4) is 11.5 Å². The molecule has 7 nitrogen and oxygen atoms in total. The number of fused-ring (bicyclic) bond motifs is 2. The van der Waals surface area contributed by atoms with Gasteiger partial charge in [0.2, 0.25) is 0 Å². The monoisotopic (exact) mass is 394 g/mol. The number of rotatable bonds is 5. The van der Waals surface area contributed by atoms with Gasteiger partial charge in [-0.3, -0.25) is 4.79 Å². The van der Waals surface area contributed by atoms with Crippen molar-refractivity contribution in [2.75, 3.05) is 25.7 Å². The second kappa shape index (κ2) is 8.11. The number of methoxy groups -OCH3 is 2. The number of ether oxygens (including phenoxy) is 2. The Morgan fingerprint density at radius 3 is 2.59 bits per heavy atom. The van der Waals surface area contributed by atoms with E-state index in [2.05, 4.69) is 28.9 Å². The highest BCUT2D eigenvalue weighted by molar-refractivity contribution is 5.76. The number of aryl methyl sites for hydroxylation is 2. The van der Waals surface area contributed by atoms with E-state index >= 15 is 0 Å². The number of aromatic nitrogens is 3. The lowest BCUT2D eigenvalue weighted by Crippen LogP contribution is -2.24. The summed E-state index contributed by atoms with van der Waals surface area (Å²) < 4.78 is 12.9. The summed E-state index contributed by atoms with van der Waals surface area (Å²) in [5.41, 5.74) is 2.95. The summed E-state index contributed by atoms with van der Waals surface area (Å²) in [7, 11) is 3.32. The van der Waals surface area contributed by atoms with Crippen LogP contribution in [-0.2, 0) is 19.5 Å². The summed E-state index contributed by atoms with van der Waals surface area (Å²) in [6.45, 7) is 4.50. The topological polar surface area (TPSA) is 69.5 Å². The van der Waals surface area contributed by atoms with E-state index in [9.17, 15) is 4.79 Å². The molecule has 0 unspecified atom stereocenters. The van der Waals surface area contributed by atoms with Gasteiger partial charge in [0.25, 0.3) is 5.56 Å². The zero-order valence-electron chi connectivity index (χ0n) is 17.1. The largest absolute Gasteiger partial charge is 0.493 e. The molecule has 0 saturated heterocycles. The van der Waals surface area contributed by atoms with Gasteiger partial charge in [-0.25, -0.2) is 4.98 Å². The summed E-state index contributed by atoms with van der Waals surface area (Å²) in [6, 6.07) is 7.91. The molecule has 7 heteroatoms. The number of pyridine rings is 1. The molecular weight excluding hydrogens is 368 g/mol. The van der Waals surface area contributed by atoms with E-state index in [0.29, 0.717) is 11.0 Å². The van der Waals surface area contributed by atoms with E-state index < -0.39 is 0 Å². The zero-order valence-corrected chi connectivity index (χ0v) is 17.1. The lowest BCUT2D eigenvalue weighted by atomic mass is 10.0. The van der Waals surface area contributed by atoms with Crippen molar-refractivity contribution in [1.82, 2.24) is 14.5 Å². The van der Waals surface area contributed by atoms with Crippen LogP contribution in [-0.4, -0.2) is 35.3 Å². The Morgan fingerprint density at radius 1 is 1.10 bits per heavy atom. The second-order valence-electron chi connectivity index (χ2n) is 7.28. The minimum absolute atomic E-state index is 0.232. The van der Waals surface area contributed by atoms with Crippen molar-refractivity contribution in [2.24, 2.45) is 0 Å². The van der Waals surface area contributed by atoms with E-state index in [4.69, 9.17) is 14.5 Å². The molecule has 0 saturated carbocycles. The molecule has 0 bridgehead atoms. The molecule has 0 atom stereocenters. The van der Waals surface area contributed by atoms with Crippen molar-refractivity contribution < 1.29 is 9.47 Å². The van der Waals surface area contributed by atoms with Gasteiger partial charge in [-0.2, -0.15) is 4.98 Å². The lowest BCUT2D eigenvalue weighted by Gasteiger charge is -2.23. The van der Waals surface area contributed by atoms with Crippen LogP contribution in [0, 0.1) is 0 Å². The number of nitrogens with zero attached hydrogens (tertiary/aromatic N) is 4. The van der Waals surface area contributed by atoms with E-state index in [1.54, 1.807) is 20.5 Å². The third-order valence-corrected chi connectivity index (χ3v) is 5.41. The molecule has 1 aromatic carbocycles. The van der Waals surface area contributed by atoms with Crippen LogP contribution in [0.4, 0.5) is 5.82 Å². The van der Waals surface area contributed by atoms with Gasteiger partial charge >= 0.3 is 0 Å². The molecule has 3 heterocycles. The Kier molecular flexibility index (Phi) is 5.38. The molecule has 1 aliphatic heterocycles. The Balaban J connectivity index is 1.74. The van der Waals surface area contributed by atoms with Crippen LogP contribution in [0.3, 0.4) is 0 Å². The molecule has 0 amide bonds. The highest BCUT2D eigenvalue weighted by Gasteiger charge is 2.19. The lowest BCUT2D eigenvalue weighted by molar-refractivity contribution is 0.354. The summed E-state index contributed by atoms with van der Waals surface area (Å²) in [6.07, 6.45) is 4.54. The second-order valence-corrected chi connectivity index (χ2v) is 7.28. The standard InChI is InChI=1S/C22H26N4O3/c1-4-9-26-14-23-22(27)17-7-8-20(24-21(17)26)25-10-5-6-15-11-18(28-2)19(29-3)12-16(15)13-25/h7-8,11-12,14H,4-6,9-10,13H2,1-3H3. The molecule has 0 aliphatic carbocycles. The molecular formula is C22H26N4O3. The van der Waals surface area contributed by atoms with Gasteiger partial charge in [-0.1, -0.05) is 6.92 Å². The number of hydrogen-bond donors (Lipinski definition) is 0. The molecule has 3 aromatic rings. The number of benzene rings is 1. The normalized spacial score (nSPS) is 13.8. The third kappa shape index (κ3) is 3.64. The summed E-state index contributed by atoms with van der Waals surface area (Å²) in [5.74, 6) is 2.37. The highest BCUT2D eigenvalue weighted by atomic mass is 16.5. The van der Waals surface area contributed by atoms with Crippen LogP contribution in [0.15, 0.2) is 35.4 Å². The maximum atomic E-state index is 12.2. The first-order valence-corrected chi connectivity index (χ1v) is 9.99. The quantitative estimate of drug-likeness (QED) is 0.662. The molecule has 4 rings (SSSR count). The maximum absolute atomic E-state index is 12.2. The summed E-state index contributed by atoms with van der Waals surface area (Å²) in [5, 5.41) is 0.561.